The van der Waals surface area contributed by atoms with Crippen molar-refractivity contribution in [1.82, 2.24) is 0 Å². The Balaban J connectivity index is 0.000000336. The summed E-state index contributed by atoms with van der Waals surface area (Å²) in [5.41, 5.74) is 0. The fraction of sp³-hybridized carbons (Fsp3) is 0.833. The third-order valence-corrected chi connectivity index (χ3v) is 3.81. The topological polar surface area (TPSA) is 0 Å². The van der Waals surface area contributed by atoms with Crippen LogP contribution in [0.25, 0.3) is 0 Å². The van der Waals surface area contributed by atoms with E-state index in [0.29, 0.717) is 0 Å². The molecule has 0 heteroatoms. The Labute approximate surface area is 77.1 Å². The lowest BCUT2D eigenvalue weighted by molar-refractivity contribution is 0.364. The van der Waals surface area contributed by atoms with Gasteiger partial charge in [0.2, 0.25) is 0 Å². The van der Waals surface area contributed by atoms with Crippen molar-refractivity contribution >= 4 is 0 Å². The minimum atomic E-state index is 0.903. The molecule has 0 aliphatic heterocycles. The molecule has 0 aromatic carbocycles. The summed E-state index contributed by atoms with van der Waals surface area (Å²) in [5.74, 6) is 4.61. The molecule has 0 spiro atoms. The second-order valence-corrected chi connectivity index (χ2v) is 4.12. The van der Waals surface area contributed by atoms with E-state index in [-0.39, 0.29) is 0 Å². The van der Waals surface area contributed by atoms with Crippen LogP contribution >= 0.6 is 0 Å². The molecule has 12 heavy (non-hydrogen) atoms. The highest BCUT2D eigenvalue weighted by atomic mass is 14.5. The van der Waals surface area contributed by atoms with E-state index in [0.717, 1.165) is 29.6 Å². The zero-order valence-corrected chi connectivity index (χ0v) is 9.04. The Morgan fingerprint density at radius 1 is 0.667 bits per heavy atom. The average molecular weight is 166 g/mol. The first-order valence-electron chi connectivity index (χ1n) is 5.40. The molecule has 0 aromatic heterocycles. The van der Waals surface area contributed by atoms with Gasteiger partial charge in [-0.05, 0) is 29.6 Å². The maximum atomic E-state index is 2.43. The fourth-order valence-corrected chi connectivity index (χ4v) is 2.87. The van der Waals surface area contributed by atoms with Gasteiger partial charge in [0.25, 0.3) is 0 Å². The molecule has 0 heterocycles. The molecule has 0 N–H and O–H groups in total. The highest BCUT2D eigenvalue weighted by molar-refractivity contribution is 5.14. The van der Waals surface area contributed by atoms with Crippen LogP contribution in [0.5, 0.6) is 0 Å². The summed E-state index contributed by atoms with van der Waals surface area (Å²) in [4.78, 5) is 0. The van der Waals surface area contributed by atoms with Crippen LogP contribution in [0, 0.1) is 29.6 Å². The average Bonchev–Trinajstić information content (AvgIpc) is 2.55. The molecule has 4 atom stereocenters. The van der Waals surface area contributed by atoms with Gasteiger partial charge >= 0.3 is 0 Å². The monoisotopic (exact) mass is 166 g/mol. The molecule has 2 rings (SSSR count). The Morgan fingerprint density at radius 3 is 1.17 bits per heavy atom. The van der Waals surface area contributed by atoms with Crippen LogP contribution in [-0.2, 0) is 0 Å². The smallest absolute Gasteiger partial charge is 0.0173 e. The van der Waals surface area contributed by atoms with Crippen molar-refractivity contribution in [2.45, 2.75) is 34.6 Å². The largest absolute Gasteiger partial charge is 0.0846 e. The predicted molar refractivity (Wildman–Crippen MR) is 55.0 cm³/mol. The molecule has 4 unspecified atom stereocenters. The van der Waals surface area contributed by atoms with Gasteiger partial charge in [0.15, 0.2) is 0 Å². The fourth-order valence-electron chi connectivity index (χ4n) is 2.87. The van der Waals surface area contributed by atoms with Gasteiger partial charge in [-0.2, -0.15) is 0 Å². The Kier molecular flexibility index (Phi) is 2.98. The summed E-state index contributed by atoms with van der Waals surface area (Å²) in [5, 5.41) is 0. The first-order valence-corrected chi connectivity index (χ1v) is 5.40. The lowest BCUT2D eigenvalue weighted by Crippen LogP contribution is -2.12. The van der Waals surface area contributed by atoms with Crippen LogP contribution in [0.15, 0.2) is 12.2 Å². The zero-order chi connectivity index (χ0) is 9.30. The van der Waals surface area contributed by atoms with Crippen molar-refractivity contribution in [3.8, 4) is 0 Å². The highest BCUT2D eigenvalue weighted by Crippen LogP contribution is 2.51. The molecule has 2 bridgehead atoms. The van der Waals surface area contributed by atoms with Crippen molar-refractivity contribution in [1.29, 1.82) is 0 Å². The predicted octanol–water partition coefficient (Wildman–Crippen LogP) is 3.74. The number of allylic oxidation sites excluding steroid dienone is 2. The Morgan fingerprint density at radius 2 is 1.00 bits per heavy atom. The quantitative estimate of drug-likeness (QED) is 0.481. The van der Waals surface area contributed by atoms with Crippen LogP contribution < -0.4 is 0 Å². The van der Waals surface area contributed by atoms with Gasteiger partial charge in [-0.15, -0.1) is 0 Å². The minimum absolute atomic E-state index is 0.903. The van der Waals surface area contributed by atoms with E-state index >= 15 is 0 Å². The second-order valence-electron chi connectivity index (χ2n) is 4.12. The molecule has 0 radical (unpaired) electrons. The van der Waals surface area contributed by atoms with Gasteiger partial charge in [0, 0.05) is 0 Å². The van der Waals surface area contributed by atoms with Crippen molar-refractivity contribution in [2.75, 3.05) is 0 Å². The third kappa shape index (κ3) is 1.22. The summed E-state index contributed by atoms with van der Waals surface area (Å²) in [6.07, 6.45) is 4.86. The van der Waals surface area contributed by atoms with E-state index in [4.69, 9.17) is 0 Å². The highest BCUT2D eigenvalue weighted by Gasteiger charge is 2.44. The Bertz CT molecular complexity index is 151. The molecule has 1 fully saturated rings. The van der Waals surface area contributed by atoms with Crippen molar-refractivity contribution in [3.63, 3.8) is 0 Å². The maximum absolute atomic E-state index is 2.43. The number of hydrogen-bond acceptors (Lipinski definition) is 0. The third-order valence-electron chi connectivity index (χ3n) is 3.81. The molecule has 2 aliphatic rings. The first kappa shape index (κ1) is 9.83. The summed E-state index contributed by atoms with van der Waals surface area (Å²) in [7, 11) is 0. The molecular formula is C12H22. The van der Waals surface area contributed by atoms with E-state index in [1.807, 2.05) is 13.8 Å². The van der Waals surface area contributed by atoms with Crippen molar-refractivity contribution < 1.29 is 0 Å². The van der Waals surface area contributed by atoms with Gasteiger partial charge in [0.05, 0.1) is 0 Å². The van der Waals surface area contributed by atoms with Crippen LogP contribution in [-0.4, -0.2) is 0 Å². The van der Waals surface area contributed by atoms with Crippen molar-refractivity contribution in [2.24, 2.45) is 29.6 Å². The van der Waals surface area contributed by atoms with Gasteiger partial charge in [0.1, 0.15) is 0 Å². The van der Waals surface area contributed by atoms with E-state index in [2.05, 4.69) is 32.9 Å². The standard InChI is InChI=1S/C10H16.C2H6/c1-6-7(2)10-5-4-9(6)8(10)3;1-2/h4-10H,1-3H3;1-2H3. The molecule has 70 valence electrons. The van der Waals surface area contributed by atoms with Gasteiger partial charge in [-0.1, -0.05) is 46.8 Å². The lowest BCUT2D eigenvalue weighted by Gasteiger charge is -2.19. The summed E-state index contributed by atoms with van der Waals surface area (Å²) >= 11 is 0. The van der Waals surface area contributed by atoms with Crippen LogP contribution in [0.2, 0.25) is 0 Å². The summed E-state index contributed by atoms with van der Waals surface area (Å²) < 4.78 is 0. The van der Waals surface area contributed by atoms with E-state index in [1.54, 1.807) is 0 Å². The molecule has 2 aliphatic carbocycles. The van der Waals surface area contributed by atoms with Gasteiger partial charge in [-0.3, -0.25) is 0 Å². The normalized spacial score (nSPS) is 48.9. The van der Waals surface area contributed by atoms with E-state index in [9.17, 15) is 0 Å². The molecule has 0 saturated heterocycles. The maximum Gasteiger partial charge on any atom is -0.0173 e. The van der Waals surface area contributed by atoms with E-state index < -0.39 is 0 Å². The molecule has 0 aromatic rings. The van der Waals surface area contributed by atoms with E-state index in [1.165, 1.54) is 0 Å². The SMILES string of the molecule is CC.CC1C(C)C2C=CC1C2C. The molecular weight excluding hydrogens is 144 g/mol. The van der Waals surface area contributed by atoms with Crippen molar-refractivity contribution in [3.05, 3.63) is 12.2 Å². The second kappa shape index (κ2) is 3.64. The van der Waals surface area contributed by atoms with Gasteiger partial charge < -0.3 is 0 Å². The summed E-state index contributed by atoms with van der Waals surface area (Å²) in [6.45, 7) is 11.2. The Hall–Kier alpha value is -0.260. The molecule has 1 saturated carbocycles. The van der Waals surface area contributed by atoms with Gasteiger partial charge in [-0.25, -0.2) is 0 Å². The number of fused-ring (bicyclic) bond motifs is 2. The lowest BCUT2D eigenvalue weighted by atomic mass is 9.86. The number of rotatable bonds is 0. The zero-order valence-electron chi connectivity index (χ0n) is 9.04. The summed E-state index contributed by atoms with van der Waals surface area (Å²) in [6, 6.07) is 0. The molecule has 0 nitrogen and oxygen atoms in total. The van der Waals surface area contributed by atoms with Crippen LogP contribution in [0.3, 0.4) is 0 Å². The first-order chi connectivity index (χ1) is 5.72. The minimum Gasteiger partial charge on any atom is -0.0846 e. The molecule has 0 amide bonds. The number of hydrogen-bond donors (Lipinski definition) is 0. The van der Waals surface area contributed by atoms with Crippen LogP contribution in [0.4, 0.5) is 0 Å². The van der Waals surface area contributed by atoms with Crippen LogP contribution in [0.1, 0.15) is 34.6 Å².